The van der Waals surface area contributed by atoms with Crippen molar-refractivity contribution in [1.82, 2.24) is 20.2 Å². The molecule has 2 aromatic heterocycles. The Morgan fingerprint density at radius 1 is 1.00 bits per heavy atom. The number of hydrogen-bond donors (Lipinski definition) is 2. The molecule has 0 radical (unpaired) electrons. The minimum Gasteiger partial charge on any atom is -0.439 e. The van der Waals surface area contributed by atoms with Crippen molar-refractivity contribution in [1.29, 1.82) is 0 Å². The number of nitrogens with zero attached hydrogens (tertiary/aromatic N) is 3. The number of amides is 2. The van der Waals surface area contributed by atoms with Crippen LogP contribution in [0.25, 0.3) is 28.7 Å². The predicted octanol–water partition coefficient (Wildman–Crippen LogP) is 5.43. The van der Waals surface area contributed by atoms with Crippen LogP contribution >= 0.6 is 0 Å². The fraction of sp³-hybridized carbons (Fsp3) is 0.172. The number of carbonyl (C=O) groups excluding carboxylic acids is 2. The lowest BCUT2D eigenvalue weighted by atomic mass is 9.97. The van der Waals surface area contributed by atoms with Gasteiger partial charge in [-0.3, -0.25) is 9.59 Å². The van der Waals surface area contributed by atoms with E-state index in [2.05, 4.69) is 15.3 Å². The number of rotatable bonds is 7. The number of halogens is 5. The predicted molar refractivity (Wildman–Crippen MR) is 143 cm³/mol. The van der Waals surface area contributed by atoms with Crippen molar-refractivity contribution < 1.29 is 36.0 Å². The van der Waals surface area contributed by atoms with E-state index in [1.165, 1.54) is 60.9 Å². The van der Waals surface area contributed by atoms with Crippen molar-refractivity contribution >= 4 is 23.7 Å². The summed E-state index contributed by atoms with van der Waals surface area (Å²) >= 11 is 0. The lowest BCUT2D eigenvalue weighted by Gasteiger charge is -2.38. The molecule has 8 nitrogen and oxygen atoms in total. The van der Waals surface area contributed by atoms with Gasteiger partial charge in [-0.2, -0.15) is 13.2 Å². The third kappa shape index (κ3) is 6.45. The number of likely N-dealkylation sites (tertiary alicyclic amines) is 1. The van der Waals surface area contributed by atoms with Crippen molar-refractivity contribution in [2.24, 2.45) is 0 Å². The first kappa shape index (κ1) is 28.5. The van der Waals surface area contributed by atoms with Gasteiger partial charge in [0.1, 0.15) is 11.6 Å². The Bertz CT molecular complexity index is 1640. The summed E-state index contributed by atoms with van der Waals surface area (Å²) in [7, 11) is 0. The van der Waals surface area contributed by atoms with Gasteiger partial charge in [0.25, 0.3) is 11.8 Å². The molecule has 13 heteroatoms. The summed E-state index contributed by atoms with van der Waals surface area (Å²) < 4.78 is 73.8. The molecular formula is C29H22F5N5O3. The van der Waals surface area contributed by atoms with Gasteiger partial charge in [-0.1, -0.05) is 18.2 Å². The zero-order valence-electron chi connectivity index (χ0n) is 21.7. The second-order valence-electron chi connectivity index (χ2n) is 9.55. The van der Waals surface area contributed by atoms with Gasteiger partial charge >= 0.3 is 6.18 Å². The number of alkyl halides is 5. The first-order valence-electron chi connectivity index (χ1n) is 12.5. The van der Waals surface area contributed by atoms with E-state index in [9.17, 15) is 31.5 Å². The molecule has 0 saturated carbocycles. The highest BCUT2D eigenvalue weighted by Crippen LogP contribution is 2.39. The Balaban J connectivity index is 1.28. The zero-order valence-corrected chi connectivity index (χ0v) is 21.7. The molecule has 2 aromatic carbocycles. The number of benzene rings is 2. The van der Waals surface area contributed by atoms with Crippen molar-refractivity contribution in [3.63, 3.8) is 0 Å². The van der Waals surface area contributed by atoms with Crippen LogP contribution in [0.4, 0.5) is 27.8 Å². The van der Waals surface area contributed by atoms with Crippen LogP contribution in [0.1, 0.15) is 27.2 Å². The standard InChI is InChI=1S/C29H22F5N5O3/c30-28(31)15-39(16-28)27(41)19-5-3-18(4-6-19)20-7-8-22(23(11-20)29(32,33)34)26-38-14-21(42-26)13-37-25(40)10-2-17-1-9-24(35)36-12-17/h1-12,14H,13,15-16H2,(H2,35,36)(H,37,40)/b10-2+. The number of oxazole rings is 1. The fourth-order valence-corrected chi connectivity index (χ4v) is 4.22. The Morgan fingerprint density at radius 2 is 1.71 bits per heavy atom. The van der Waals surface area contributed by atoms with Crippen molar-refractivity contribution in [2.75, 3.05) is 18.8 Å². The summed E-state index contributed by atoms with van der Waals surface area (Å²) in [6.07, 6.45) is 0.734. The number of nitrogens with two attached hydrogens (primary N) is 1. The zero-order chi connectivity index (χ0) is 30.1. The molecular weight excluding hydrogens is 561 g/mol. The Labute approximate surface area is 235 Å². The summed E-state index contributed by atoms with van der Waals surface area (Å²) in [5, 5.41) is 2.56. The molecule has 1 saturated heterocycles. The lowest BCUT2D eigenvalue weighted by Crippen LogP contribution is -2.58. The Kier molecular flexibility index (Phi) is 7.50. The summed E-state index contributed by atoms with van der Waals surface area (Å²) in [5.74, 6) is -3.77. The Hall–Kier alpha value is -5.07. The molecule has 1 fully saturated rings. The summed E-state index contributed by atoms with van der Waals surface area (Å²) in [6.45, 7) is -1.45. The SMILES string of the molecule is Nc1ccc(/C=C/C(=O)NCc2cnc(-c3ccc(-c4ccc(C(=O)N5CC(F)(F)C5)cc4)cc3C(F)(F)F)o2)cn1. The third-order valence-corrected chi connectivity index (χ3v) is 6.38. The highest BCUT2D eigenvalue weighted by Gasteiger charge is 2.46. The first-order valence-corrected chi connectivity index (χ1v) is 12.5. The molecule has 1 aliphatic heterocycles. The van der Waals surface area contributed by atoms with Gasteiger partial charge in [-0.15, -0.1) is 0 Å². The number of pyridine rings is 1. The monoisotopic (exact) mass is 583 g/mol. The largest absolute Gasteiger partial charge is 0.439 e. The third-order valence-electron chi connectivity index (χ3n) is 6.38. The van der Waals surface area contributed by atoms with Gasteiger partial charge < -0.3 is 20.4 Å². The van der Waals surface area contributed by atoms with E-state index in [4.69, 9.17) is 10.2 Å². The second-order valence-corrected chi connectivity index (χ2v) is 9.55. The van der Waals surface area contributed by atoms with E-state index < -0.39 is 42.6 Å². The molecule has 0 atom stereocenters. The lowest BCUT2D eigenvalue weighted by molar-refractivity contribution is -0.137. The van der Waals surface area contributed by atoms with Crippen LogP contribution in [-0.2, 0) is 17.5 Å². The van der Waals surface area contributed by atoms with Gasteiger partial charge in [0.2, 0.25) is 11.8 Å². The maximum atomic E-state index is 14.0. The Morgan fingerprint density at radius 3 is 2.36 bits per heavy atom. The molecule has 5 rings (SSSR count). The maximum Gasteiger partial charge on any atom is 0.417 e. The average molecular weight is 584 g/mol. The van der Waals surface area contributed by atoms with E-state index in [1.54, 1.807) is 12.1 Å². The van der Waals surface area contributed by atoms with Gasteiger partial charge in [0.05, 0.1) is 31.4 Å². The number of anilines is 1. The van der Waals surface area contributed by atoms with E-state index in [-0.39, 0.29) is 34.9 Å². The molecule has 2 amide bonds. The van der Waals surface area contributed by atoms with Crippen molar-refractivity contribution in [3.05, 3.63) is 95.5 Å². The van der Waals surface area contributed by atoms with Crippen LogP contribution in [0.5, 0.6) is 0 Å². The van der Waals surface area contributed by atoms with E-state index >= 15 is 0 Å². The second kappa shape index (κ2) is 11.1. The normalized spacial score (nSPS) is 14.5. The van der Waals surface area contributed by atoms with Crippen LogP contribution in [-0.4, -0.2) is 45.7 Å². The number of carbonyl (C=O) groups is 2. The van der Waals surface area contributed by atoms with E-state index in [1.807, 2.05) is 0 Å². The molecule has 1 aliphatic rings. The average Bonchev–Trinajstić information content (AvgIpc) is 3.42. The molecule has 3 N–H and O–H groups in total. The number of nitrogen functional groups attached to an aromatic ring is 1. The summed E-state index contributed by atoms with van der Waals surface area (Å²) in [6, 6.07) is 12.5. The molecule has 0 unspecified atom stereocenters. The van der Waals surface area contributed by atoms with Crippen LogP contribution in [0.3, 0.4) is 0 Å². The van der Waals surface area contributed by atoms with E-state index in [0.717, 1.165) is 11.0 Å². The van der Waals surface area contributed by atoms with Crippen molar-refractivity contribution in [2.45, 2.75) is 18.6 Å². The number of aromatic nitrogens is 2. The van der Waals surface area contributed by atoms with E-state index in [0.29, 0.717) is 16.9 Å². The van der Waals surface area contributed by atoms with Crippen LogP contribution < -0.4 is 11.1 Å². The van der Waals surface area contributed by atoms with Gasteiger partial charge in [0.15, 0.2) is 0 Å². The summed E-state index contributed by atoms with van der Waals surface area (Å²) in [5.41, 5.74) is 5.61. The molecule has 0 bridgehead atoms. The number of hydrogen-bond acceptors (Lipinski definition) is 6. The molecule has 0 aliphatic carbocycles. The van der Waals surface area contributed by atoms with Gasteiger partial charge in [0, 0.05) is 23.4 Å². The highest BCUT2D eigenvalue weighted by atomic mass is 19.4. The molecule has 42 heavy (non-hydrogen) atoms. The number of nitrogens with one attached hydrogen (secondary N) is 1. The van der Waals surface area contributed by atoms with Gasteiger partial charge in [-0.25, -0.2) is 18.7 Å². The maximum absolute atomic E-state index is 14.0. The fourth-order valence-electron chi connectivity index (χ4n) is 4.22. The molecule has 4 aromatic rings. The minimum absolute atomic E-state index is 0.115. The van der Waals surface area contributed by atoms with Crippen LogP contribution in [0.2, 0.25) is 0 Å². The molecule has 0 spiro atoms. The van der Waals surface area contributed by atoms with Gasteiger partial charge in [-0.05, 0) is 59.2 Å². The minimum atomic E-state index is -4.76. The molecule has 3 heterocycles. The topological polar surface area (TPSA) is 114 Å². The van der Waals surface area contributed by atoms with Crippen LogP contribution in [0.15, 0.2) is 77.5 Å². The highest BCUT2D eigenvalue weighted by molar-refractivity contribution is 5.95. The first-order chi connectivity index (χ1) is 19.9. The quantitative estimate of drug-likeness (QED) is 0.222. The smallest absolute Gasteiger partial charge is 0.417 e. The molecule has 216 valence electrons. The summed E-state index contributed by atoms with van der Waals surface area (Å²) in [4.78, 5) is 33.3. The van der Waals surface area contributed by atoms with Crippen LogP contribution in [0, 0.1) is 0 Å². The van der Waals surface area contributed by atoms with Crippen molar-refractivity contribution in [3.8, 4) is 22.6 Å².